The number of halogens is 1. The van der Waals surface area contributed by atoms with Crippen molar-refractivity contribution in [2.24, 2.45) is 0 Å². The van der Waals surface area contributed by atoms with Gasteiger partial charge in [0, 0.05) is 16.1 Å². The fourth-order valence-corrected chi connectivity index (χ4v) is 4.14. The number of carbonyl (C=O) groups is 3. The molecule has 0 aliphatic heterocycles. The van der Waals surface area contributed by atoms with Crippen LogP contribution in [0.25, 0.3) is 0 Å². The summed E-state index contributed by atoms with van der Waals surface area (Å²) in [6.45, 7) is 0.686. The second kappa shape index (κ2) is 11.7. The van der Waals surface area contributed by atoms with Gasteiger partial charge in [-0.15, -0.1) is 0 Å². The number of nitrogens with one attached hydrogen (secondary N) is 2. The highest BCUT2D eigenvalue weighted by atomic mass is 35.5. The van der Waals surface area contributed by atoms with Crippen LogP contribution >= 0.6 is 11.6 Å². The molecule has 10 heteroatoms. The molecular formula is C25H23ClN2O6S. The number of ketones is 1. The third-order valence-corrected chi connectivity index (χ3v) is 6.57. The molecule has 0 aromatic heterocycles. The number of amides is 1. The first-order valence-corrected chi connectivity index (χ1v) is 12.4. The lowest BCUT2D eigenvalue weighted by Gasteiger charge is -2.18. The molecule has 3 aromatic carbocycles. The van der Waals surface area contributed by atoms with Gasteiger partial charge < -0.3 is 10.1 Å². The number of rotatable bonds is 10. The first kappa shape index (κ1) is 26.1. The van der Waals surface area contributed by atoms with E-state index in [0.717, 1.165) is 5.56 Å². The highest BCUT2D eigenvalue weighted by Gasteiger charge is 2.26. The molecule has 3 rings (SSSR count). The van der Waals surface area contributed by atoms with E-state index in [1.165, 1.54) is 12.1 Å². The van der Waals surface area contributed by atoms with E-state index in [1.807, 2.05) is 6.92 Å². The molecule has 0 aliphatic rings. The lowest BCUT2D eigenvalue weighted by molar-refractivity contribution is -0.147. The Hall–Kier alpha value is -3.53. The topological polar surface area (TPSA) is 119 Å². The third kappa shape index (κ3) is 7.48. The van der Waals surface area contributed by atoms with Gasteiger partial charge in [0.05, 0.1) is 11.4 Å². The van der Waals surface area contributed by atoms with Crippen LogP contribution in [0.4, 0.5) is 0 Å². The number of ether oxygens (including phenoxy) is 1. The lowest BCUT2D eigenvalue weighted by Crippen LogP contribution is -2.39. The van der Waals surface area contributed by atoms with Crippen molar-refractivity contribution < 1.29 is 27.5 Å². The summed E-state index contributed by atoms with van der Waals surface area (Å²) in [5.74, 6) is -2.06. The van der Waals surface area contributed by atoms with E-state index in [9.17, 15) is 22.8 Å². The first-order chi connectivity index (χ1) is 16.7. The SMILES string of the molecule is Cc1ccc(S(=O)(=O)NCC(=O)NCC(=O)O[C@@H](C(=O)c2ccccc2)c2ccc(Cl)cc2)cc1. The molecule has 0 saturated heterocycles. The van der Waals surface area contributed by atoms with Gasteiger partial charge in [-0.3, -0.25) is 14.4 Å². The molecule has 182 valence electrons. The summed E-state index contributed by atoms with van der Waals surface area (Å²) in [6, 6.07) is 20.7. The van der Waals surface area contributed by atoms with Gasteiger partial charge in [0.15, 0.2) is 6.10 Å². The average molecular weight is 515 g/mol. The number of benzene rings is 3. The number of esters is 1. The van der Waals surface area contributed by atoms with Gasteiger partial charge in [-0.1, -0.05) is 71.8 Å². The summed E-state index contributed by atoms with van der Waals surface area (Å²) in [4.78, 5) is 37.5. The van der Waals surface area contributed by atoms with Gasteiger partial charge in [0.1, 0.15) is 6.54 Å². The molecule has 0 spiro atoms. The van der Waals surface area contributed by atoms with Crippen molar-refractivity contribution in [1.82, 2.24) is 10.0 Å². The molecule has 0 saturated carbocycles. The lowest BCUT2D eigenvalue weighted by atomic mass is 10.00. The Kier molecular flexibility index (Phi) is 8.75. The maximum absolute atomic E-state index is 13.0. The number of aryl methyl sites for hydroxylation is 1. The van der Waals surface area contributed by atoms with Crippen LogP contribution in [-0.2, 0) is 24.3 Å². The third-order valence-electron chi connectivity index (χ3n) is 4.90. The number of hydrogen-bond acceptors (Lipinski definition) is 6. The minimum Gasteiger partial charge on any atom is -0.448 e. The molecule has 2 N–H and O–H groups in total. The summed E-state index contributed by atoms with van der Waals surface area (Å²) in [5.41, 5.74) is 1.64. The molecule has 0 unspecified atom stereocenters. The zero-order valence-corrected chi connectivity index (χ0v) is 20.3. The van der Waals surface area contributed by atoms with Crippen LogP contribution in [0.3, 0.4) is 0 Å². The monoisotopic (exact) mass is 514 g/mol. The maximum Gasteiger partial charge on any atom is 0.326 e. The van der Waals surface area contributed by atoms with Crippen molar-refractivity contribution in [2.45, 2.75) is 17.9 Å². The van der Waals surface area contributed by atoms with Crippen molar-refractivity contribution in [3.63, 3.8) is 0 Å². The highest BCUT2D eigenvalue weighted by Crippen LogP contribution is 2.24. The molecule has 0 aliphatic carbocycles. The number of hydrogen-bond donors (Lipinski definition) is 2. The van der Waals surface area contributed by atoms with E-state index in [2.05, 4.69) is 10.0 Å². The second-order valence-electron chi connectivity index (χ2n) is 7.57. The molecule has 35 heavy (non-hydrogen) atoms. The molecule has 1 atom stereocenters. The zero-order valence-electron chi connectivity index (χ0n) is 18.7. The van der Waals surface area contributed by atoms with Crippen molar-refractivity contribution in [1.29, 1.82) is 0 Å². The molecule has 3 aromatic rings. The van der Waals surface area contributed by atoms with Crippen LogP contribution in [0.5, 0.6) is 0 Å². The van der Waals surface area contributed by atoms with Crippen molar-refractivity contribution in [2.75, 3.05) is 13.1 Å². The molecule has 0 radical (unpaired) electrons. The summed E-state index contributed by atoms with van der Waals surface area (Å²) >= 11 is 5.92. The average Bonchev–Trinajstić information content (AvgIpc) is 2.86. The molecular weight excluding hydrogens is 492 g/mol. The van der Waals surface area contributed by atoms with Gasteiger partial charge in [0.2, 0.25) is 21.7 Å². The minimum atomic E-state index is -3.89. The molecule has 8 nitrogen and oxygen atoms in total. The van der Waals surface area contributed by atoms with Crippen LogP contribution in [0, 0.1) is 6.92 Å². The zero-order chi connectivity index (χ0) is 25.4. The Morgan fingerprint density at radius 3 is 2.14 bits per heavy atom. The van der Waals surface area contributed by atoms with Crippen LogP contribution in [-0.4, -0.2) is 39.2 Å². The fourth-order valence-electron chi connectivity index (χ4n) is 3.03. The Balaban J connectivity index is 1.60. The molecule has 0 fully saturated rings. The van der Waals surface area contributed by atoms with E-state index >= 15 is 0 Å². The number of sulfonamides is 1. The van der Waals surface area contributed by atoms with Gasteiger partial charge in [-0.2, -0.15) is 0 Å². The quantitative estimate of drug-likeness (QED) is 0.317. The van der Waals surface area contributed by atoms with Gasteiger partial charge >= 0.3 is 5.97 Å². The van der Waals surface area contributed by atoms with E-state index < -0.39 is 46.9 Å². The Bertz CT molecular complexity index is 1290. The second-order valence-corrected chi connectivity index (χ2v) is 9.77. The summed E-state index contributed by atoms with van der Waals surface area (Å²) in [5, 5.41) is 2.74. The van der Waals surface area contributed by atoms with E-state index in [0.29, 0.717) is 16.1 Å². The van der Waals surface area contributed by atoms with E-state index in [4.69, 9.17) is 16.3 Å². The van der Waals surface area contributed by atoms with Crippen molar-refractivity contribution in [3.05, 3.63) is 101 Å². The number of carbonyl (C=O) groups excluding carboxylic acids is 3. The Labute approximate surface area is 208 Å². The molecule has 0 heterocycles. The van der Waals surface area contributed by atoms with Crippen LogP contribution in [0.1, 0.15) is 27.6 Å². The van der Waals surface area contributed by atoms with Crippen LogP contribution in [0.2, 0.25) is 5.02 Å². The molecule has 1 amide bonds. The fraction of sp³-hybridized carbons (Fsp3) is 0.160. The summed E-state index contributed by atoms with van der Waals surface area (Å²) < 4.78 is 32.1. The van der Waals surface area contributed by atoms with Crippen LogP contribution < -0.4 is 10.0 Å². The normalized spacial score (nSPS) is 11.9. The van der Waals surface area contributed by atoms with E-state index in [1.54, 1.807) is 66.7 Å². The maximum atomic E-state index is 13.0. The van der Waals surface area contributed by atoms with Gasteiger partial charge in [-0.05, 0) is 31.2 Å². The van der Waals surface area contributed by atoms with Crippen molar-refractivity contribution >= 4 is 39.3 Å². The van der Waals surface area contributed by atoms with Crippen molar-refractivity contribution in [3.8, 4) is 0 Å². The first-order valence-electron chi connectivity index (χ1n) is 10.5. The van der Waals surface area contributed by atoms with E-state index in [-0.39, 0.29) is 4.90 Å². The smallest absolute Gasteiger partial charge is 0.326 e. The van der Waals surface area contributed by atoms with Gasteiger partial charge in [-0.25, -0.2) is 13.1 Å². The standard InChI is InChI=1S/C25H23ClN2O6S/c1-17-7-13-21(14-8-17)35(32,33)28-15-22(29)27-16-23(30)34-25(19-9-11-20(26)12-10-19)24(31)18-5-3-2-4-6-18/h2-14,25,28H,15-16H2,1H3,(H,27,29)/t25-/m1/s1. The summed E-state index contributed by atoms with van der Waals surface area (Å²) in [7, 11) is -3.89. The minimum absolute atomic E-state index is 0.0144. The summed E-state index contributed by atoms with van der Waals surface area (Å²) in [6.07, 6.45) is -1.25. The van der Waals surface area contributed by atoms with Gasteiger partial charge in [0.25, 0.3) is 0 Å². The largest absolute Gasteiger partial charge is 0.448 e. The predicted molar refractivity (Wildman–Crippen MR) is 130 cm³/mol. The number of Topliss-reactive ketones (excluding diaryl/α,β-unsaturated/α-hetero) is 1. The molecule has 0 bridgehead atoms. The van der Waals surface area contributed by atoms with Crippen LogP contribution in [0.15, 0.2) is 83.8 Å². The Morgan fingerprint density at radius 1 is 0.886 bits per heavy atom. The predicted octanol–water partition coefficient (Wildman–Crippen LogP) is 3.21. The highest BCUT2D eigenvalue weighted by molar-refractivity contribution is 7.89. The Morgan fingerprint density at radius 2 is 1.51 bits per heavy atom.